The first-order valence-electron chi connectivity index (χ1n) is 4.45. The van der Waals surface area contributed by atoms with Gasteiger partial charge in [0.15, 0.2) is 10.2 Å². The maximum absolute atomic E-state index is 9.25. The van der Waals surface area contributed by atoms with E-state index in [0.29, 0.717) is 5.71 Å². The Morgan fingerprint density at radius 3 is 2.35 bits per heavy atom. The fourth-order valence-corrected chi connectivity index (χ4v) is 0.829. The summed E-state index contributed by atoms with van der Waals surface area (Å²) in [6, 6.07) is 0. The van der Waals surface area contributed by atoms with Crippen LogP contribution in [-0.2, 0) is 0 Å². The predicted molar refractivity (Wildman–Crippen MR) is 73.5 cm³/mol. The zero-order valence-corrected chi connectivity index (χ0v) is 10.5. The Hall–Kier alpha value is -1.36. The highest BCUT2D eigenvalue weighted by atomic mass is 32.1. The van der Waals surface area contributed by atoms with Crippen molar-refractivity contribution in [2.24, 2.45) is 21.7 Å². The lowest BCUT2D eigenvalue weighted by molar-refractivity contribution is 0.101. The lowest BCUT2D eigenvalue weighted by Crippen LogP contribution is -2.28. The lowest BCUT2D eigenvalue weighted by atomic mass is 10.2. The topological polar surface area (TPSA) is 141 Å². The van der Waals surface area contributed by atoms with Crippen LogP contribution in [0.15, 0.2) is 10.2 Å². The number of nitrogens with two attached hydrogens (primary N) is 2. The molecule has 0 heterocycles. The Morgan fingerprint density at radius 1 is 1.29 bits per heavy atom. The second kappa shape index (κ2) is 8.75. The molecule has 0 radical (unpaired) electrons. The first-order valence-corrected chi connectivity index (χ1v) is 5.26. The minimum atomic E-state index is -0.960. The number of thiocarbonyl (C=S) groups is 2. The van der Waals surface area contributed by atoms with E-state index >= 15 is 0 Å². The number of hydrazone groups is 2. The highest BCUT2D eigenvalue weighted by Crippen LogP contribution is 1.92. The van der Waals surface area contributed by atoms with Gasteiger partial charge in [-0.1, -0.05) is 0 Å². The van der Waals surface area contributed by atoms with Gasteiger partial charge in [0.25, 0.3) is 0 Å². The van der Waals surface area contributed by atoms with E-state index in [2.05, 4.69) is 45.5 Å². The Bertz CT molecular complexity index is 332. The molecule has 0 aromatic rings. The summed E-state index contributed by atoms with van der Waals surface area (Å²) in [7, 11) is 0. The van der Waals surface area contributed by atoms with E-state index in [9.17, 15) is 5.11 Å². The number of hydrogen-bond acceptors (Lipinski definition) is 6. The van der Waals surface area contributed by atoms with Crippen molar-refractivity contribution in [1.29, 1.82) is 0 Å². The normalized spacial score (nSPS) is 13.4. The third-order valence-electron chi connectivity index (χ3n) is 1.35. The summed E-state index contributed by atoms with van der Waals surface area (Å²) < 4.78 is 0. The van der Waals surface area contributed by atoms with Crippen LogP contribution in [-0.4, -0.2) is 45.1 Å². The zero-order chi connectivity index (χ0) is 13.3. The lowest BCUT2D eigenvalue weighted by Gasteiger charge is -2.06. The molecular formula is C7H14N6O2S2. The van der Waals surface area contributed by atoms with Crippen molar-refractivity contribution < 1.29 is 10.2 Å². The molecule has 0 saturated carbocycles. The van der Waals surface area contributed by atoms with Crippen molar-refractivity contribution >= 4 is 46.6 Å². The van der Waals surface area contributed by atoms with E-state index in [1.54, 1.807) is 0 Å². The van der Waals surface area contributed by atoms with Crippen molar-refractivity contribution in [3.8, 4) is 0 Å². The van der Waals surface area contributed by atoms with E-state index in [4.69, 9.17) is 16.6 Å². The Balaban J connectivity index is 4.49. The molecule has 8 N–H and O–H groups in total. The zero-order valence-electron chi connectivity index (χ0n) is 8.83. The summed E-state index contributed by atoms with van der Waals surface area (Å²) in [6.07, 6.45) is 0.371. The maximum atomic E-state index is 9.25. The molecule has 0 fully saturated rings. The van der Waals surface area contributed by atoms with Gasteiger partial charge in [0.2, 0.25) is 0 Å². The number of nitrogens with zero attached hydrogens (tertiary/aromatic N) is 2. The second-order valence-corrected chi connectivity index (χ2v) is 3.73. The molecule has 96 valence electrons. The SMILES string of the molecule is NC(=S)N/N=C\C(C[C@H](O)CO)=N\NC(N)=S. The number of aliphatic hydroxyl groups is 2. The molecule has 8 nitrogen and oxygen atoms in total. The molecule has 1 atom stereocenters. The summed E-state index contributed by atoms with van der Waals surface area (Å²) in [5, 5.41) is 25.3. The van der Waals surface area contributed by atoms with Crippen molar-refractivity contribution in [1.82, 2.24) is 10.9 Å². The standard InChI is InChI=1S/C7H14N6O2S2/c8-6(16)12-10-2-4(1-5(15)3-14)11-13-7(9)17/h2,5,14-15H,1,3H2,(H3,8,12,16)(H3,9,13,17)/b10-2-,11-4+/t5-/m0/s1. The molecular weight excluding hydrogens is 264 g/mol. The molecule has 0 aliphatic rings. The van der Waals surface area contributed by atoms with Crippen LogP contribution < -0.4 is 22.3 Å². The molecule has 0 aromatic heterocycles. The molecule has 0 aliphatic heterocycles. The van der Waals surface area contributed by atoms with Crippen LogP contribution >= 0.6 is 24.4 Å². The highest BCUT2D eigenvalue weighted by molar-refractivity contribution is 7.80. The van der Waals surface area contributed by atoms with Gasteiger partial charge in [0.05, 0.1) is 24.6 Å². The van der Waals surface area contributed by atoms with Crippen molar-refractivity contribution in [3.63, 3.8) is 0 Å². The number of rotatable bonds is 6. The van der Waals surface area contributed by atoms with Crippen LogP contribution in [0.4, 0.5) is 0 Å². The average Bonchev–Trinajstić information content (AvgIpc) is 2.24. The highest BCUT2D eigenvalue weighted by Gasteiger charge is 2.06. The second-order valence-electron chi connectivity index (χ2n) is 2.85. The van der Waals surface area contributed by atoms with Gasteiger partial charge in [0, 0.05) is 6.42 Å². The smallest absolute Gasteiger partial charge is 0.184 e. The molecule has 10 heteroatoms. The van der Waals surface area contributed by atoms with E-state index in [0.717, 1.165) is 0 Å². The fraction of sp³-hybridized carbons (Fsp3) is 0.429. The molecule has 0 unspecified atom stereocenters. The number of nitrogens with one attached hydrogen (secondary N) is 2. The Labute approximate surface area is 109 Å². The van der Waals surface area contributed by atoms with E-state index < -0.39 is 12.7 Å². The van der Waals surface area contributed by atoms with Crippen molar-refractivity contribution in [3.05, 3.63) is 0 Å². The third kappa shape index (κ3) is 9.56. The monoisotopic (exact) mass is 278 g/mol. The minimum absolute atomic E-state index is 0.00869. The van der Waals surface area contributed by atoms with Gasteiger partial charge < -0.3 is 21.7 Å². The van der Waals surface area contributed by atoms with Gasteiger partial charge in [0.1, 0.15) is 0 Å². The first-order chi connectivity index (χ1) is 7.95. The molecule has 0 amide bonds. The van der Waals surface area contributed by atoms with Crippen molar-refractivity contribution in [2.45, 2.75) is 12.5 Å². The molecule has 17 heavy (non-hydrogen) atoms. The van der Waals surface area contributed by atoms with Crippen LogP contribution in [0.3, 0.4) is 0 Å². The van der Waals surface area contributed by atoms with Gasteiger partial charge in [-0.3, -0.25) is 10.9 Å². The largest absolute Gasteiger partial charge is 0.394 e. The van der Waals surface area contributed by atoms with Gasteiger partial charge in [-0.25, -0.2) is 0 Å². The van der Waals surface area contributed by atoms with Crippen molar-refractivity contribution in [2.75, 3.05) is 6.61 Å². The Morgan fingerprint density at radius 2 is 1.88 bits per heavy atom. The molecule has 0 aromatic carbocycles. The van der Waals surface area contributed by atoms with Gasteiger partial charge in [-0.15, -0.1) is 0 Å². The van der Waals surface area contributed by atoms with E-state index in [1.807, 2.05) is 0 Å². The molecule has 0 aliphatic carbocycles. The third-order valence-corrected chi connectivity index (χ3v) is 1.54. The summed E-state index contributed by atoms with van der Waals surface area (Å²) in [5.74, 6) is 0. The molecule has 0 saturated heterocycles. The number of hydrogen-bond donors (Lipinski definition) is 6. The quantitative estimate of drug-likeness (QED) is 0.182. The Kier molecular flexibility index (Phi) is 8.05. The summed E-state index contributed by atoms with van der Waals surface area (Å²) in [4.78, 5) is 0. The van der Waals surface area contributed by atoms with Gasteiger partial charge >= 0.3 is 0 Å². The summed E-state index contributed by atoms with van der Waals surface area (Å²) in [5.41, 5.74) is 15.3. The molecule has 0 spiro atoms. The van der Waals surface area contributed by atoms with E-state index in [-0.39, 0.29) is 16.6 Å². The van der Waals surface area contributed by atoms with E-state index in [1.165, 1.54) is 6.21 Å². The van der Waals surface area contributed by atoms with Crippen LogP contribution in [0.25, 0.3) is 0 Å². The van der Waals surface area contributed by atoms with Crippen LogP contribution in [0, 0.1) is 0 Å². The fourth-order valence-electron chi connectivity index (χ4n) is 0.730. The summed E-state index contributed by atoms with van der Waals surface area (Å²) >= 11 is 9.09. The number of aliphatic hydroxyl groups excluding tert-OH is 2. The molecule has 0 bridgehead atoms. The van der Waals surface area contributed by atoms with Gasteiger partial charge in [-0.2, -0.15) is 10.2 Å². The van der Waals surface area contributed by atoms with Crippen LogP contribution in [0.5, 0.6) is 0 Å². The minimum Gasteiger partial charge on any atom is -0.394 e. The van der Waals surface area contributed by atoms with Crippen LogP contribution in [0.1, 0.15) is 6.42 Å². The van der Waals surface area contributed by atoms with Crippen LogP contribution in [0.2, 0.25) is 0 Å². The average molecular weight is 278 g/mol. The predicted octanol–water partition coefficient (Wildman–Crippen LogP) is -2.26. The maximum Gasteiger partial charge on any atom is 0.184 e. The molecule has 0 rings (SSSR count). The first kappa shape index (κ1) is 15.6. The van der Waals surface area contributed by atoms with Gasteiger partial charge in [-0.05, 0) is 24.4 Å². The summed E-state index contributed by atoms with van der Waals surface area (Å²) in [6.45, 7) is -0.400.